The lowest BCUT2D eigenvalue weighted by Crippen LogP contribution is -2.74. The Kier molecular flexibility index (Phi) is 11.3. The number of amides is 3. The van der Waals surface area contributed by atoms with Gasteiger partial charge >= 0.3 is 12.1 Å². The van der Waals surface area contributed by atoms with E-state index in [2.05, 4.69) is 5.32 Å². The molecule has 1 aromatic carbocycles. The van der Waals surface area contributed by atoms with Crippen molar-refractivity contribution in [3.8, 4) is 5.75 Å². The molecule has 0 bridgehead atoms. The first-order valence-electron chi connectivity index (χ1n) is 16.6. The summed E-state index contributed by atoms with van der Waals surface area (Å²) in [4.78, 5) is 109. The molecule has 5 unspecified atom stereocenters. The van der Waals surface area contributed by atoms with E-state index < -0.39 is 101 Å². The number of carbonyl (C=O) groups excluding carboxylic acids is 8. The molecule has 0 radical (unpaired) electrons. The predicted octanol–water partition coefficient (Wildman–Crippen LogP) is 0.0193. The minimum Gasteiger partial charge on any atom is -0.505 e. The first kappa shape index (κ1) is 38.9. The summed E-state index contributed by atoms with van der Waals surface area (Å²) in [6.45, 7) is 3.92. The zero-order valence-electron chi connectivity index (χ0n) is 29.7. The highest BCUT2D eigenvalue weighted by molar-refractivity contribution is 6.32. The average Bonchev–Trinajstić information content (AvgIpc) is 3.01. The third kappa shape index (κ3) is 7.04. The van der Waals surface area contributed by atoms with Gasteiger partial charge in [-0.25, -0.2) is 4.79 Å². The van der Waals surface area contributed by atoms with Crippen LogP contribution in [-0.4, -0.2) is 126 Å². The van der Waals surface area contributed by atoms with E-state index in [1.54, 1.807) is 19.0 Å². The fourth-order valence-corrected chi connectivity index (χ4v) is 7.57. The highest BCUT2D eigenvalue weighted by Crippen LogP contribution is 2.52. The summed E-state index contributed by atoms with van der Waals surface area (Å²) in [5.74, 6) is -13.6. The zero-order valence-corrected chi connectivity index (χ0v) is 29.7. The van der Waals surface area contributed by atoms with E-state index in [-0.39, 0.29) is 30.6 Å². The average molecular weight is 716 g/mol. The number of phenolic OH excluding ortho intramolecular Hbond substituents is 1. The number of hydrogen-bond donors (Lipinski definition) is 4. The molecule has 0 saturated heterocycles. The summed E-state index contributed by atoms with van der Waals surface area (Å²) in [6.07, 6.45) is -1.07. The summed E-state index contributed by atoms with van der Waals surface area (Å²) in [5, 5.41) is 25.8. The van der Waals surface area contributed by atoms with Crippen LogP contribution in [0.15, 0.2) is 6.07 Å². The van der Waals surface area contributed by atoms with E-state index in [0.717, 1.165) is 11.8 Å². The number of anilines is 2. The van der Waals surface area contributed by atoms with Gasteiger partial charge in [-0.2, -0.15) is 0 Å². The van der Waals surface area contributed by atoms with E-state index in [1.165, 1.54) is 32.0 Å². The highest BCUT2D eigenvalue weighted by atomic mass is 16.7. The van der Waals surface area contributed by atoms with Gasteiger partial charge in [-0.05, 0) is 50.9 Å². The molecule has 5 N–H and O–H groups in total. The summed E-state index contributed by atoms with van der Waals surface area (Å²) >= 11 is 0. The van der Waals surface area contributed by atoms with E-state index >= 15 is 0 Å². The van der Waals surface area contributed by atoms with Crippen LogP contribution >= 0.6 is 0 Å². The summed E-state index contributed by atoms with van der Waals surface area (Å²) in [5.41, 5.74) is 2.73. The number of nitrogens with zero attached hydrogens (tertiary/aromatic N) is 3. The number of nitrogens with two attached hydrogens (primary N) is 1. The number of Topliss-reactive ketones (excluding diaryl/α,β-unsaturated/α-hetero) is 4. The number of ketones is 4. The molecule has 3 amide bonds. The first-order chi connectivity index (χ1) is 23.8. The number of primary amides is 1. The standard InChI is InChI=1S/C34H45N5O12/c1-8-9-10-39(33(48)51-16(3)50-15(2)40)14-22(41)36-20-13-21(37(4)5)18-11-17-12-19-26(38(6)7)29(44)25(32(35)47)31(46)34(19,49)30(45)23(17)28(43)24(18)27(20)42/h13,16-17,19,23,25-26,42,49H,8-12,14H2,1-7H3,(H2,35,47)(H,36,41)/t16?,17?,19?,23?,25?,26-,34-/m0/s1. The monoisotopic (exact) mass is 715 g/mol. The van der Waals surface area contributed by atoms with Crippen molar-refractivity contribution in [2.75, 3.05) is 51.5 Å². The Hall–Kier alpha value is -4.90. The van der Waals surface area contributed by atoms with Crippen molar-refractivity contribution in [3.63, 3.8) is 0 Å². The Bertz CT molecular complexity index is 1670. The van der Waals surface area contributed by atoms with Gasteiger partial charge in [0, 0.05) is 46.1 Å². The van der Waals surface area contributed by atoms with Crippen LogP contribution < -0.4 is 16.0 Å². The number of hydrogen-bond acceptors (Lipinski definition) is 14. The minimum absolute atomic E-state index is 0.0261. The lowest BCUT2D eigenvalue weighted by Gasteiger charge is -2.52. The molecule has 2 saturated carbocycles. The second kappa shape index (κ2) is 14.8. The number of carbonyl (C=O) groups is 8. The molecule has 4 rings (SSSR count). The fraction of sp³-hybridized carbons (Fsp3) is 0.588. The molecule has 0 heterocycles. The van der Waals surface area contributed by atoms with E-state index in [1.807, 2.05) is 6.92 Å². The van der Waals surface area contributed by atoms with Gasteiger partial charge < -0.3 is 35.6 Å². The van der Waals surface area contributed by atoms with Crippen molar-refractivity contribution >= 4 is 58.4 Å². The SMILES string of the molecule is CCCCN(CC(=O)Nc1cc(N(C)C)c2c(c1O)C(=O)C1C(=O)[C@]3(O)C(=O)C(C(N)=O)C(=O)[C@@H](N(C)C)C3CC1C2)C(=O)OC(C)OC(C)=O. The number of fused-ring (bicyclic) bond motifs is 3. The second-order valence-corrected chi connectivity index (χ2v) is 13.7. The molecular weight excluding hydrogens is 670 g/mol. The number of esters is 1. The van der Waals surface area contributed by atoms with Gasteiger partial charge in [-0.3, -0.25) is 43.4 Å². The third-order valence-corrected chi connectivity index (χ3v) is 9.77. The van der Waals surface area contributed by atoms with E-state index in [0.29, 0.717) is 24.1 Å². The molecule has 17 heteroatoms. The number of aliphatic hydroxyl groups is 1. The van der Waals surface area contributed by atoms with Crippen LogP contribution in [0.1, 0.15) is 56.0 Å². The predicted molar refractivity (Wildman–Crippen MR) is 179 cm³/mol. The van der Waals surface area contributed by atoms with Crippen LogP contribution in [-0.2, 0) is 44.7 Å². The Morgan fingerprint density at radius 3 is 2.27 bits per heavy atom. The molecule has 1 aromatic rings. The number of nitrogens with one attached hydrogen (secondary N) is 1. The largest absolute Gasteiger partial charge is 0.505 e. The molecule has 51 heavy (non-hydrogen) atoms. The van der Waals surface area contributed by atoms with Crippen molar-refractivity contribution in [2.24, 2.45) is 29.4 Å². The number of unbranched alkanes of at least 4 members (excludes halogenated alkanes) is 1. The normalized spacial score (nSPS) is 26.0. The number of benzene rings is 1. The lowest BCUT2D eigenvalue weighted by atomic mass is 9.52. The van der Waals surface area contributed by atoms with Crippen molar-refractivity contribution in [3.05, 3.63) is 17.2 Å². The molecule has 17 nitrogen and oxygen atoms in total. The third-order valence-electron chi connectivity index (χ3n) is 9.77. The summed E-state index contributed by atoms with van der Waals surface area (Å²) < 4.78 is 9.97. The van der Waals surface area contributed by atoms with Crippen molar-refractivity contribution in [2.45, 2.75) is 64.4 Å². The van der Waals surface area contributed by atoms with Crippen LogP contribution in [0.25, 0.3) is 0 Å². The smallest absolute Gasteiger partial charge is 0.413 e. The summed E-state index contributed by atoms with van der Waals surface area (Å²) in [7, 11) is 6.33. The first-order valence-corrected chi connectivity index (χ1v) is 16.6. The van der Waals surface area contributed by atoms with Crippen LogP contribution in [0, 0.1) is 23.7 Å². The Morgan fingerprint density at radius 2 is 1.73 bits per heavy atom. The van der Waals surface area contributed by atoms with Gasteiger partial charge in [0.2, 0.25) is 18.1 Å². The van der Waals surface area contributed by atoms with Crippen molar-refractivity contribution < 1.29 is 58.0 Å². The van der Waals surface area contributed by atoms with Gasteiger partial charge in [0.25, 0.3) is 0 Å². The van der Waals surface area contributed by atoms with Crippen molar-refractivity contribution in [1.29, 1.82) is 0 Å². The molecule has 278 valence electrons. The molecule has 7 atom stereocenters. The van der Waals surface area contributed by atoms with E-state index in [4.69, 9.17) is 15.2 Å². The van der Waals surface area contributed by atoms with E-state index in [9.17, 15) is 48.6 Å². The Labute approximate surface area is 294 Å². The number of aromatic hydroxyl groups is 1. The molecule has 0 spiro atoms. The molecule has 2 fully saturated rings. The quantitative estimate of drug-likeness (QED) is 0.102. The number of likely N-dealkylation sites (N-methyl/N-ethyl adjacent to an activating group) is 1. The maximum Gasteiger partial charge on any atom is 0.413 e. The van der Waals surface area contributed by atoms with Gasteiger partial charge in [-0.15, -0.1) is 0 Å². The minimum atomic E-state index is -2.88. The van der Waals surface area contributed by atoms with Crippen LogP contribution in [0.5, 0.6) is 5.75 Å². The van der Waals surface area contributed by atoms with Crippen LogP contribution in [0.4, 0.5) is 16.2 Å². The van der Waals surface area contributed by atoms with Gasteiger partial charge in [0.1, 0.15) is 12.3 Å². The van der Waals surface area contributed by atoms with Gasteiger partial charge in [-0.1, -0.05) is 13.3 Å². The maximum atomic E-state index is 14.3. The Balaban J connectivity index is 1.71. The second-order valence-electron chi connectivity index (χ2n) is 13.7. The van der Waals surface area contributed by atoms with Gasteiger partial charge in [0.15, 0.2) is 34.7 Å². The highest BCUT2D eigenvalue weighted by Gasteiger charge is 2.69. The van der Waals surface area contributed by atoms with Gasteiger partial charge in [0.05, 0.1) is 23.2 Å². The van der Waals surface area contributed by atoms with Crippen molar-refractivity contribution in [1.82, 2.24) is 9.80 Å². The molecule has 0 aliphatic heterocycles. The summed E-state index contributed by atoms with van der Waals surface area (Å²) in [6, 6.07) is 0.205. The molecule has 3 aliphatic carbocycles. The number of rotatable bonds is 11. The van der Waals surface area contributed by atoms with Crippen LogP contribution in [0.3, 0.4) is 0 Å². The number of phenols is 1. The molecule has 3 aliphatic rings. The zero-order chi connectivity index (χ0) is 38.3. The molecule has 0 aromatic heterocycles. The lowest BCUT2D eigenvalue weighted by molar-refractivity contribution is -0.181. The maximum absolute atomic E-state index is 14.3. The molecular formula is C34H45N5O12. The Morgan fingerprint density at radius 1 is 1.08 bits per heavy atom. The number of ether oxygens (including phenoxy) is 2. The topological polar surface area (TPSA) is 243 Å². The fourth-order valence-electron chi connectivity index (χ4n) is 7.57. The van der Waals surface area contributed by atoms with Crippen LogP contribution in [0.2, 0.25) is 0 Å².